The van der Waals surface area contributed by atoms with Gasteiger partial charge in [-0.15, -0.1) is 6.58 Å². The van der Waals surface area contributed by atoms with Crippen LogP contribution in [-0.4, -0.2) is 6.54 Å². The molecule has 1 aliphatic heterocycles. The second kappa shape index (κ2) is 3.75. The summed E-state index contributed by atoms with van der Waals surface area (Å²) in [6, 6.07) is 8.68. The molecule has 0 fully saturated rings. The Labute approximate surface area is 79.5 Å². The summed E-state index contributed by atoms with van der Waals surface area (Å²) in [7, 11) is 0. The van der Waals surface area contributed by atoms with Gasteiger partial charge >= 0.3 is 0 Å². The number of hydrogen-bond acceptors (Lipinski definition) is 1. The van der Waals surface area contributed by atoms with Crippen molar-refractivity contribution in [2.24, 2.45) is 0 Å². The van der Waals surface area contributed by atoms with E-state index in [1.54, 1.807) is 0 Å². The highest BCUT2D eigenvalue weighted by atomic mass is 14.9. The van der Waals surface area contributed by atoms with E-state index in [4.69, 9.17) is 0 Å². The Hall–Kier alpha value is -1.08. The fourth-order valence-electron chi connectivity index (χ4n) is 2.00. The summed E-state index contributed by atoms with van der Waals surface area (Å²) in [4.78, 5) is 0. The van der Waals surface area contributed by atoms with Crippen LogP contribution >= 0.6 is 0 Å². The lowest BCUT2D eigenvalue weighted by Gasteiger charge is -2.25. The molecule has 0 saturated carbocycles. The Kier molecular flexibility index (Phi) is 2.46. The molecular weight excluding hydrogens is 158 g/mol. The first kappa shape index (κ1) is 8.52. The van der Waals surface area contributed by atoms with Crippen LogP contribution in [0.1, 0.15) is 23.5 Å². The second-order valence-electron chi connectivity index (χ2n) is 3.55. The monoisotopic (exact) mass is 173 g/mol. The molecule has 2 rings (SSSR count). The molecule has 1 aromatic carbocycles. The quantitative estimate of drug-likeness (QED) is 0.677. The predicted octanol–water partition coefficient (Wildman–Crippen LogP) is 2.45. The van der Waals surface area contributed by atoms with Crippen molar-refractivity contribution in [2.75, 3.05) is 6.54 Å². The van der Waals surface area contributed by atoms with Crippen LogP contribution in [0.5, 0.6) is 0 Å². The molecule has 0 amide bonds. The maximum absolute atomic E-state index is 3.80. The van der Waals surface area contributed by atoms with Gasteiger partial charge in [0.05, 0.1) is 0 Å². The van der Waals surface area contributed by atoms with Crippen LogP contribution in [0.25, 0.3) is 0 Å². The van der Waals surface area contributed by atoms with Gasteiger partial charge in [-0.2, -0.15) is 0 Å². The number of nitrogens with one attached hydrogen (secondary N) is 1. The summed E-state index contributed by atoms with van der Waals surface area (Å²) in [5.41, 5.74) is 2.95. The third-order valence-corrected chi connectivity index (χ3v) is 2.65. The zero-order valence-electron chi connectivity index (χ0n) is 7.79. The van der Waals surface area contributed by atoms with E-state index in [1.807, 2.05) is 6.08 Å². The topological polar surface area (TPSA) is 12.0 Å². The smallest absolute Gasteiger partial charge is 0.0208 e. The molecule has 1 aliphatic rings. The van der Waals surface area contributed by atoms with Crippen LogP contribution in [0.4, 0.5) is 0 Å². The molecule has 1 N–H and O–H groups in total. The Bertz CT molecular complexity index is 304. The molecule has 1 atom stereocenters. The molecule has 68 valence electrons. The zero-order chi connectivity index (χ0) is 9.10. The van der Waals surface area contributed by atoms with Gasteiger partial charge in [0.1, 0.15) is 0 Å². The summed E-state index contributed by atoms with van der Waals surface area (Å²) < 4.78 is 0. The maximum atomic E-state index is 3.80. The van der Waals surface area contributed by atoms with Crippen LogP contribution < -0.4 is 5.32 Å². The van der Waals surface area contributed by atoms with E-state index in [2.05, 4.69) is 36.2 Å². The molecule has 1 nitrogen and oxygen atoms in total. The standard InChI is InChI=1S/C12H15N/c1-2-5-10-8-13-9-11-6-3-4-7-12(10)11/h2-4,6-7,10,13H,1,5,8-9H2. The molecule has 1 heteroatoms. The van der Waals surface area contributed by atoms with Crippen LogP contribution in [0.3, 0.4) is 0 Å². The van der Waals surface area contributed by atoms with Crippen molar-refractivity contribution in [3.8, 4) is 0 Å². The van der Waals surface area contributed by atoms with Gasteiger partial charge in [0.2, 0.25) is 0 Å². The molecule has 0 aliphatic carbocycles. The molecule has 1 aromatic rings. The van der Waals surface area contributed by atoms with Crippen molar-refractivity contribution < 1.29 is 0 Å². The third-order valence-electron chi connectivity index (χ3n) is 2.65. The first-order valence-corrected chi connectivity index (χ1v) is 4.81. The number of rotatable bonds is 2. The largest absolute Gasteiger partial charge is 0.312 e. The summed E-state index contributed by atoms with van der Waals surface area (Å²) in [6.45, 7) is 5.90. The Morgan fingerprint density at radius 3 is 3.15 bits per heavy atom. The lowest BCUT2D eigenvalue weighted by atomic mass is 9.89. The lowest BCUT2D eigenvalue weighted by Crippen LogP contribution is -2.27. The Morgan fingerprint density at radius 1 is 1.46 bits per heavy atom. The lowest BCUT2D eigenvalue weighted by molar-refractivity contribution is 0.545. The number of fused-ring (bicyclic) bond motifs is 1. The number of allylic oxidation sites excluding steroid dienone is 1. The molecule has 0 aromatic heterocycles. The van der Waals surface area contributed by atoms with Crippen molar-refractivity contribution in [1.29, 1.82) is 0 Å². The highest BCUT2D eigenvalue weighted by molar-refractivity contribution is 5.32. The van der Waals surface area contributed by atoms with Crippen LogP contribution in [-0.2, 0) is 6.54 Å². The Balaban J connectivity index is 2.31. The average molecular weight is 173 g/mol. The van der Waals surface area contributed by atoms with Crippen LogP contribution in [0, 0.1) is 0 Å². The number of hydrogen-bond donors (Lipinski definition) is 1. The van der Waals surface area contributed by atoms with Crippen molar-refractivity contribution in [3.05, 3.63) is 48.0 Å². The van der Waals surface area contributed by atoms with Gasteiger partial charge in [-0.25, -0.2) is 0 Å². The minimum Gasteiger partial charge on any atom is -0.312 e. The van der Waals surface area contributed by atoms with E-state index >= 15 is 0 Å². The number of benzene rings is 1. The van der Waals surface area contributed by atoms with Crippen LogP contribution in [0.2, 0.25) is 0 Å². The van der Waals surface area contributed by atoms with E-state index in [-0.39, 0.29) is 0 Å². The summed E-state index contributed by atoms with van der Waals surface area (Å²) in [5.74, 6) is 0.627. The summed E-state index contributed by atoms with van der Waals surface area (Å²) >= 11 is 0. The first-order valence-electron chi connectivity index (χ1n) is 4.81. The highest BCUT2D eigenvalue weighted by Crippen LogP contribution is 2.26. The molecule has 13 heavy (non-hydrogen) atoms. The van der Waals surface area contributed by atoms with E-state index < -0.39 is 0 Å². The predicted molar refractivity (Wildman–Crippen MR) is 55.7 cm³/mol. The molecule has 0 saturated heterocycles. The summed E-state index contributed by atoms with van der Waals surface area (Å²) in [6.07, 6.45) is 3.08. The zero-order valence-corrected chi connectivity index (χ0v) is 7.79. The fraction of sp³-hybridized carbons (Fsp3) is 0.333. The minimum absolute atomic E-state index is 0.627. The van der Waals surface area contributed by atoms with Gasteiger partial charge in [-0.05, 0) is 17.5 Å². The van der Waals surface area contributed by atoms with Crippen molar-refractivity contribution in [1.82, 2.24) is 5.32 Å². The minimum atomic E-state index is 0.627. The van der Waals surface area contributed by atoms with Gasteiger partial charge in [-0.1, -0.05) is 30.3 Å². The van der Waals surface area contributed by atoms with Gasteiger partial charge in [0.15, 0.2) is 0 Å². The van der Waals surface area contributed by atoms with Gasteiger partial charge < -0.3 is 5.32 Å². The molecule has 0 bridgehead atoms. The van der Waals surface area contributed by atoms with Crippen molar-refractivity contribution in [3.63, 3.8) is 0 Å². The van der Waals surface area contributed by atoms with E-state index in [0.717, 1.165) is 19.5 Å². The molecular formula is C12H15N. The normalized spacial score (nSPS) is 20.8. The van der Waals surface area contributed by atoms with Gasteiger partial charge in [0.25, 0.3) is 0 Å². The molecule has 1 heterocycles. The summed E-state index contributed by atoms with van der Waals surface area (Å²) in [5, 5.41) is 3.43. The average Bonchev–Trinajstić information content (AvgIpc) is 2.19. The van der Waals surface area contributed by atoms with Crippen molar-refractivity contribution >= 4 is 0 Å². The fourth-order valence-corrected chi connectivity index (χ4v) is 2.00. The molecule has 0 spiro atoms. The highest BCUT2D eigenvalue weighted by Gasteiger charge is 2.17. The van der Waals surface area contributed by atoms with Gasteiger partial charge in [-0.3, -0.25) is 0 Å². The van der Waals surface area contributed by atoms with E-state index in [9.17, 15) is 0 Å². The third kappa shape index (κ3) is 1.65. The second-order valence-corrected chi connectivity index (χ2v) is 3.55. The van der Waals surface area contributed by atoms with Gasteiger partial charge in [0, 0.05) is 19.0 Å². The SMILES string of the molecule is C=CCC1CNCc2ccccc21. The maximum Gasteiger partial charge on any atom is 0.0208 e. The van der Waals surface area contributed by atoms with E-state index in [0.29, 0.717) is 5.92 Å². The van der Waals surface area contributed by atoms with E-state index in [1.165, 1.54) is 11.1 Å². The molecule has 0 radical (unpaired) electrons. The van der Waals surface area contributed by atoms with Crippen molar-refractivity contribution in [2.45, 2.75) is 18.9 Å². The first-order chi connectivity index (χ1) is 6.42. The molecule has 1 unspecified atom stereocenters. The van der Waals surface area contributed by atoms with Crippen LogP contribution in [0.15, 0.2) is 36.9 Å². The Morgan fingerprint density at radius 2 is 2.31 bits per heavy atom.